The molecule has 2 heterocycles. The van der Waals surface area contributed by atoms with Gasteiger partial charge >= 0.3 is 0 Å². The monoisotopic (exact) mass is 431 g/mol. The van der Waals surface area contributed by atoms with Crippen LogP contribution in [0.2, 0.25) is 0 Å². The molecule has 164 valence electrons. The second kappa shape index (κ2) is 8.75. The van der Waals surface area contributed by atoms with Crippen molar-refractivity contribution in [2.75, 3.05) is 19.7 Å². The number of piperidine rings is 1. The predicted octanol–water partition coefficient (Wildman–Crippen LogP) is 5.34. The van der Waals surface area contributed by atoms with E-state index in [1.165, 1.54) is 6.07 Å². The number of amides is 1. The Kier molecular flexibility index (Phi) is 5.66. The van der Waals surface area contributed by atoms with Crippen LogP contribution in [-0.2, 0) is 4.74 Å². The van der Waals surface area contributed by atoms with E-state index in [-0.39, 0.29) is 29.2 Å². The first-order valence-electron chi connectivity index (χ1n) is 11.1. The van der Waals surface area contributed by atoms with Crippen LogP contribution in [0.3, 0.4) is 0 Å². The molecule has 0 aliphatic carbocycles. The second-order valence-corrected chi connectivity index (χ2v) is 8.57. The molecule has 1 atom stereocenters. The Balaban J connectivity index is 1.24. The number of ether oxygens (including phenoxy) is 2. The number of benzene rings is 3. The SMILES string of the molecule is O=C(c1ccccc1-c1ccccc1)N1CCC2(CC1)C[C@@H](Oc1ccccc1F)CO2. The summed E-state index contributed by atoms with van der Waals surface area (Å²) in [6.45, 7) is 1.71. The van der Waals surface area contributed by atoms with Crippen molar-refractivity contribution in [1.82, 2.24) is 4.90 Å². The maximum atomic E-state index is 13.9. The van der Waals surface area contributed by atoms with Crippen molar-refractivity contribution in [2.24, 2.45) is 0 Å². The number of hydrogen-bond acceptors (Lipinski definition) is 3. The first-order chi connectivity index (χ1) is 15.6. The van der Waals surface area contributed by atoms with Crippen molar-refractivity contribution in [2.45, 2.75) is 31.0 Å². The van der Waals surface area contributed by atoms with Gasteiger partial charge in [-0.3, -0.25) is 4.79 Å². The molecular formula is C27H26FNO3. The molecule has 0 aromatic heterocycles. The highest BCUT2D eigenvalue weighted by Gasteiger charge is 2.44. The van der Waals surface area contributed by atoms with Gasteiger partial charge in [-0.25, -0.2) is 4.39 Å². The Morgan fingerprint density at radius 1 is 0.938 bits per heavy atom. The van der Waals surface area contributed by atoms with Crippen LogP contribution < -0.4 is 4.74 Å². The molecule has 0 N–H and O–H groups in total. The number of carbonyl (C=O) groups excluding carboxylic acids is 1. The van der Waals surface area contributed by atoms with E-state index in [1.807, 2.05) is 59.5 Å². The highest BCUT2D eigenvalue weighted by atomic mass is 19.1. The van der Waals surface area contributed by atoms with Gasteiger partial charge in [0, 0.05) is 25.1 Å². The van der Waals surface area contributed by atoms with Crippen LogP contribution in [0.25, 0.3) is 11.1 Å². The van der Waals surface area contributed by atoms with Crippen LogP contribution in [0, 0.1) is 5.82 Å². The van der Waals surface area contributed by atoms with Gasteiger partial charge in [-0.2, -0.15) is 0 Å². The number of nitrogens with zero attached hydrogens (tertiary/aromatic N) is 1. The third kappa shape index (κ3) is 4.13. The normalized spacial score (nSPS) is 19.8. The molecule has 5 heteroatoms. The molecule has 5 rings (SSSR count). The Hall–Kier alpha value is -3.18. The van der Waals surface area contributed by atoms with Crippen molar-refractivity contribution in [1.29, 1.82) is 0 Å². The summed E-state index contributed by atoms with van der Waals surface area (Å²) in [5.74, 6) is -0.0364. The van der Waals surface area contributed by atoms with Crippen molar-refractivity contribution in [3.8, 4) is 16.9 Å². The number of para-hydroxylation sites is 1. The number of rotatable bonds is 4. The Labute approximate surface area is 187 Å². The maximum absolute atomic E-state index is 13.9. The lowest BCUT2D eigenvalue weighted by Gasteiger charge is -2.38. The molecule has 3 aromatic carbocycles. The summed E-state index contributed by atoms with van der Waals surface area (Å²) >= 11 is 0. The lowest BCUT2D eigenvalue weighted by atomic mass is 9.87. The van der Waals surface area contributed by atoms with Gasteiger partial charge in [0.25, 0.3) is 5.91 Å². The molecule has 2 fully saturated rings. The van der Waals surface area contributed by atoms with E-state index in [4.69, 9.17) is 9.47 Å². The zero-order chi connectivity index (χ0) is 22.0. The molecular weight excluding hydrogens is 405 g/mol. The van der Waals surface area contributed by atoms with Gasteiger partial charge < -0.3 is 14.4 Å². The summed E-state index contributed by atoms with van der Waals surface area (Å²) in [5.41, 5.74) is 2.42. The third-order valence-corrected chi connectivity index (χ3v) is 6.51. The minimum absolute atomic E-state index is 0.0523. The third-order valence-electron chi connectivity index (χ3n) is 6.51. The van der Waals surface area contributed by atoms with E-state index >= 15 is 0 Å². The zero-order valence-electron chi connectivity index (χ0n) is 17.9. The second-order valence-electron chi connectivity index (χ2n) is 8.57. The van der Waals surface area contributed by atoms with Crippen LogP contribution in [0.15, 0.2) is 78.9 Å². The first kappa shape index (κ1) is 20.7. The summed E-state index contributed by atoms with van der Waals surface area (Å²) < 4.78 is 25.9. The average Bonchev–Trinajstić information content (AvgIpc) is 3.23. The van der Waals surface area contributed by atoms with Crippen LogP contribution in [0.1, 0.15) is 29.6 Å². The predicted molar refractivity (Wildman–Crippen MR) is 121 cm³/mol. The van der Waals surface area contributed by atoms with E-state index in [1.54, 1.807) is 18.2 Å². The van der Waals surface area contributed by atoms with Gasteiger partial charge in [0.15, 0.2) is 11.6 Å². The van der Waals surface area contributed by atoms with Crippen LogP contribution >= 0.6 is 0 Å². The zero-order valence-corrected chi connectivity index (χ0v) is 17.9. The summed E-state index contributed by atoms with van der Waals surface area (Å²) in [7, 11) is 0. The standard InChI is InChI=1S/C27H26FNO3/c28-24-12-6-7-13-25(24)32-21-18-27(31-19-21)14-16-29(17-15-27)26(30)23-11-5-4-10-22(23)20-8-2-1-3-9-20/h1-13,21H,14-19H2/t21-/m1/s1. The van der Waals surface area contributed by atoms with Crippen LogP contribution in [-0.4, -0.2) is 42.2 Å². The molecule has 0 unspecified atom stereocenters. The molecule has 1 amide bonds. The van der Waals surface area contributed by atoms with Crippen molar-refractivity contribution >= 4 is 5.91 Å². The topological polar surface area (TPSA) is 38.8 Å². The largest absolute Gasteiger partial charge is 0.485 e. The van der Waals surface area contributed by atoms with Crippen molar-refractivity contribution < 1.29 is 18.7 Å². The molecule has 2 aliphatic rings. The molecule has 32 heavy (non-hydrogen) atoms. The summed E-state index contributed by atoms with van der Waals surface area (Å²) in [6.07, 6.45) is 2.05. The fourth-order valence-corrected chi connectivity index (χ4v) is 4.77. The first-order valence-corrected chi connectivity index (χ1v) is 11.1. The van der Waals surface area contributed by atoms with Crippen LogP contribution in [0.4, 0.5) is 4.39 Å². The fraction of sp³-hybridized carbons (Fsp3) is 0.296. The van der Waals surface area contributed by atoms with Gasteiger partial charge in [-0.1, -0.05) is 60.7 Å². The Bertz CT molecular complexity index is 1090. The maximum Gasteiger partial charge on any atom is 0.254 e. The van der Waals surface area contributed by atoms with E-state index in [0.29, 0.717) is 26.1 Å². The smallest absolute Gasteiger partial charge is 0.254 e. The Morgan fingerprint density at radius 3 is 2.41 bits per heavy atom. The van der Waals surface area contributed by atoms with E-state index in [0.717, 1.165) is 29.5 Å². The quantitative estimate of drug-likeness (QED) is 0.560. The molecule has 3 aromatic rings. The fourth-order valence-electron chi connectivity index (χ4n) is 4.77. The minimum atomic E-state index is -0.356. The molecule has 0 saturated carbocycles. The Morgan fingerprint density at radius 2 is 1.62 bits per heavy atom. The molecule has 1 spiro atoms. The van der Waals surface area contributed by atoms with Crippen molar-refractivity contribution in [3.63, 3.8) is 0 Å². The van der Waals surface area contributed by atoms with Gasteiger partial charge in [-0.05, 0) is 42.2 Å². The summed E-state index contributed by atoms with van der Waals surface area (Å²) in [6, 6.07) is 24.2. The highest BCUT2D eigenvalue weighted by Crippen LogP contribution is 2.38. The average molecular weight is 432 g/mol. The minimum Gasteiger partial charge on any atom is -0.485 e. The lowest BCUT2D eigenvalue weighted by Crippen LogP contribution is -2.46. The molecule has 2 saturated heterocycles. The van der Waals surface area contributed by atoms with E-state index < -0.39 is 0 Å². The van der Waals surface area contributed by atoms with Gasteiger partial charge in [0.05, 0.1) is 12.2 Å². The molecule has 0 bridgehead atoms. The van der Waals surface area contributed by atoms with Gasteiger partial charge in [-0.15, -0.1) is 0 Å². The molecule has 2 aliphatic heterocycles. The number of likely N-dealkylation sites (tertiary alicyclic amines) is 1. The van der Waals surface area contributed by atoms with Crippen molar-refractivity contribution in [3.05, 3.63) is 90.2 Å². The molecule has 4 nitrogen and oxygen atoms in total. The number of carbonyl (C=O) groups is 1. The number of hydrogen-bond donors (Lipinski definition) is 0. The van der Waals surface area contributed by atoms with Crippen LogP contribution in [0.5, 0.6) is 5.75 Å². The summed E-state index contributed by atoms with van der Waals surface area (Å²) in [4.78, 5) is 15.3. The molecule has 0 radical (unpaired) electrons. The highest BCUT2D eigenvalue weighted by molar-refractivity contribution is 6.00. The van der Waals surface area contributed by atoms with E-state index in [9.17, 15) is 9.18 Å². The van der Waals surface area contributed by atoms with Gasteiger partial charge in [0.2, 0.25) is 0 Å². The number of halogens is 1. The summed E-state index contributed by atoms with van der Waals surface area (Å²) in [5, 5.41) is 0. The van der Waals surface area contributed by atoms with E-state index in [2.05, 4.69) is 0 Å². The lowest BCUT2D eigenvalue weighted by molar-refractivity contribution is -0.0395. The van der Waals surface area contributed by atoms with Gasteiger partial charge in [0.1, 0.15) is 6.10 Å².